The molecule has 0 aliphatic carbocycles. The van der Waals surface area contributed by atoms with E-state index in [1.165, 1.54) is 0 Å². The predicted octanol–water partition coefficient (Wildman–Crippen LogP) is 2.98. The monoisotopic (exact) mass is 428 g/mol. The first-order chi connectivity index (χ1) is 14.8. The smallest absolute Gasteiger partial charge is 0.314 e. The molecule has 0 bridgehead atoms. The Morgan fingerprint density at radius 3 is 2.77 bits per heavy atom. The summed E-state index contributed by atoms with van der Waals surface area (Å²) in [6.45, 7) is 9.63. The van der Waals surface area contributed by atoms with Crippen molar-refractivity contribution >= 4 is 22.7 Å². The van der Waals surface area contributed by atoms with Crippen LogP contribution in [-0.4, -0.2) is 55.7 Å². The molecule has 4 heterocycles. The molecule has 3 aromatic rings. The van der Waals surface area contributed by atoms with Crippen LogP contribution in [0.3, 0.4) is 0 Å². The summed E-state index contributed by atoms with van der Waals surface area (Å²) in [4.78, 5) is 21.1. The summed E-state index contributed by atoms with van der Waals surface area (Å²) in [6, 6.07) is 0.257. The van der Waals surface area contributed by atoms with Gasteiger partial charge in [0.25, 0.3) is 5.89 Å². The minimum atomic E-state index is -0.571. The molecule has 1 N–H and O–H groups in total. The van der Waals surface area contributed by atoms with Crippen LogP contribution < -0.4 is 5.32 Å². The van der Waals surface area contributed by atoms with Crippen LogP contribution in [0, 0.1) is 0 Å². The van der Waals surface area contributed by atoms with E-state index in [0.717, 1.165) is 42.8 Å². The molecule has 0 radical (unpaired) electrons. The molecule has 1 fully saturated rings. The zero-order chi connectivity index (χ0) is 22.0. The maximum atomic E-state index is 12.1. The molecular weight excluding hydrogens is 400 g/mol. The van der Waals surface area contributed by atoms with E-state index in [-0.39, 0.29) is 18.3 Å². The lowest BCUT2D eigenvalue weighted by Gasteiger charge is -2.25. The number of aromatic nitrogens is 5. The third-order valence-corrected chi connectivity index (χ3v) is 4.96. The van der Waals surface area contributed by atoms with E-state index >= 15 is 0 Å². The molecule has 0 saturated carbocycles. The van der Waals surface area contributed by atoms with Crippen LogP contribution in [-0.2, 0) is 27.2 Å². The van der Waals surface area contributed by atoms with Crippen molar-refractivity contribution in [1.29, 1.82) is 0 Å². The van der Waals surface area contributed by atoms with Crippen molar-refractivity contribution in [3.8, 4) is 11.5 Å². The molecule has 0 spiro atoms. The van der Waals surface area contributed by atoms with Gasteiger partial charge in [-0.15, -0.1) is 0 Å². The summed E-state index contributed by atoms with van der Waals surface area (Å²) >= 11 is 0. The molecule has 1 aliphatic rings. The third kappa shape index (κ3) is 4.84. The van der Waals surface area contributed by atoms with E-state index < -0.39 is 11.6 Å². The van der Waals surface area contributed by atoms with Crippen molar-refractivity contribution in [2.75, 3.05) is 18.5 Å². The summed E-state index contributed by atoms with van der Waals surface area (Å²) in [7, 11) is 0. The Hall–Kier alpha value is -3.01. The van der Waals surface area contributed by atoms with Gasteiger partial charge in [-0.2, -0.15) is 10.1 Å². The van der Waals surface area contributed by atoms with Crippen LogP contribution in [0.25, 0.3) is 22.5 Å². The van der Waals surface area contributed by atoms with Crippen molar-refractivity contribution in [2.24, 2.45) is 0 Å². The highest BCUT2D eigenvalue weighted by Crippen LogP contribution is 2.34. The molecule has 1 saturated heterocycles. The maximum Gasteiger partial charge on any atom is 0.314 e. The second kappa shape index (κ2) is 8.62. The van der Waals surface area contributed by atoms with Crippen LogP contribution >= 0.6 is 0 Å². The molecular formula is C21H28N6O4. The van der Waals surface area contributed by atoms with Gasteiger partial charge in [-0.3, -0.25) is 4.79 Å². The third-order valence-electron chi connectivity index (χ3n) is 4.96. The van der Waals surface area contributed by atoms with Gasteiger partial charge < -0.3 is 19.3 Å². The quantitative estimate of drug-likeness (QED) is 0.591. The number of pyridine rings is 1. The van der Waals surface area contributed by atoms with Gasteiger partial charge in [0.2, 0.25) is 0 Å². The molecule has 0 unspecified atom stereocenters. The van der Waals surface area contributed by atoms with E-state index in [0.29, 0.717) is 18.0 Å². The predicted molar refractivity (Wildman–Crippen MR) is 114 cm³/mol. The number of nitrogens with one attached hydrogen (secondary N) is 1. The van der Waals surface area contributed by atoms with Crippen LogP contribution in [0.15, 0.2) is 16.9 Å². The lowest BCUT2D eigenvalue weighted by Crippen LogP contribution is -2.28. The summed E-state index contributed by atoms with van der Waals surface area (Å²) in [5.41, 5.74) is 1.75. The van der Waals surface area contributed by atoms with Crippen LogP contribution in [0.2, 0.25) is 0 Å². The molecule has 1 aliphatic heterocycles. The van der Waals surface area contributed by atoms with Crippen molar-refractivity contribution in [3.63, 3.8) is 0 Å². The van der Waals surface area contributed by atoms with E-state index in [1.807, 2.05) is 32.4 Å². The van der Waals surface area contributed by atoms with Gasteiger partial charge in [-0.1, -0.05) is 5.16 Å². The molecule has 0 atom stereocenters. The lowest BCUT2D eigenvalue weighted by atomic mass is 10.1. The Bertz CT molecular complexity index is 1060. The highest BCUT2D eigenvalue weighted by Gasteiger charge is 2.24. The van der Waals surface area contributed by atoms with Crippen LogP contribution in [0.4, 0.5) is 5.69 Å². The Morgan fingerprint density at radius 1 is 1.29 bits per heavy atom. The van der Waals surface area contributed by atoms with Crippen molar-refractivity contribution in [3.05, 3.63) is 18.2 Å². The number of ether oxygens (including phenoxy) is 2. The number of esters is 1. The van der Waals surface area contributed by atoms with E-state index in [2.05, 4.69) is 25.5 Å². The molecule has 166 valence electrons. The average molecular weight is 428 g/mol. The number of nitrogens with zero attached hydrogens (tertiary/aromatic N) is 5. The minimum absolute atomic E-state index is 0.0626. The fourth-order valence-electron chi connectivity index (χ4n) is 3.56. The number of anilines is 1. The topological polar surface area (TPSA) is 117 Å². The molecule has 0 amide bonds. The van der Waals surface area contributed by atoms with Crippen LogP contribution in [0.5, 0.6) is 0 Å². The summed E-state index contributed by atoms with van der Waals surface area (Å²) in [5.74, 6) is 0.163. The fraction of sp³-hybridized carbons (Fsp3) is 0.571. The Balaban J connectivity index is 1.66. The molecule has 0 aromatic carbocycles. The number of carbonyl (C=O) groups excluding carboxylic acids is 1. The number of hydrogen-bond acceptors (Lipinski definition) is 9. The van der Waals surface area contributed by atoms with Gasteiger partial charge in [-0.05, 0) is 40.5 Å². The standard InChI is InChI=1S/C21H28N6O4/c1-5-27-19-14(12-23-27)18(24-13-6-8-29-9-7-13)15(11-22-19)20-25-16(26-31-20)10-17(28)30-21(2,3)4/h11-13H,5-10H2,1-4H3,(H,22,24). The normalized spacial score (nSPS) is 15.4. The van der Waals surface area contributed by atoms with Crippen molar-refractivity contribution in [1.82, 2.24) is 24.9 Å². The zero-order valence-corrected chi connectivity index (χ0v) is 18.3. The molecule has 3 aromatic heterocycles. The van der Waals surface area contributed by atoms with Crippen molar-refractivity contribution < 1.29 is 18.8 Å². The van der Waals surface area contributed by atoms with E-state index in [1.54, 1.807) is 12.4 Å². The summed E-state index contributed by atoms with van der Waals surface area (Å²) in [6.07, 6.45) is 5.25. The minimum Gasteiger partial charge on any atom is -0.460 e. The Labute approximate surface area is 180 Å². The lowest BCUT2D eigenvalue weighted by molar-refractivity contribution is -0.154. The number of aryl methyl sites for hydroxylation is 1. The first-order valence-corrected chi connectivity index (χ1v) is 10.6. The second-order valence-corrected chi connectivity index (χ2v) is 8.55. The van der Waals surface area contributed by atoms with Gasteiger partial charge in [0.05, 0.1) is 22.8 Å². The highest BCUT2D eigenvalue weighted by atomic mass is 16.6. The number of carbonyl (C=O) groups is 1. The van der Waals surface area contributed by atoms with Crippen LogP contribution in [0.1, 0.15) is 46.4 Å². The van der Waals surface area contributed by atoms with Gasteiger partial charge in [0.1, 0.15) is 12.0 Å². The van der Waals surface area contributed by atoms with Gasteiger partial charge in [0.15, 0.2) is 11.5 Å². The highest BCUT2D eigenvalue weighted by molar-refractivity contribution is 5.96. The van der Waals surface area contributed by atoms with Gasteiger partial charge in [-0.25, -0.2) is 9.67 Å². The van der Waals surface area contributed by atoms with Crippen molar-refractivity contribution in [2.45, 2.75) is 65.1 Å². The summed E-state index contributed by atoms with van der Waals surface area (Å²) < 4.78 is 18.2. The fourth-order valence-corrected chi connectivity index (χ4v) is 3.56. The van der Waals surface area contributed by atoms with E-state index in [4.69, 9.17) is 14.0 Å². The Kier molecular flexibility index (Phi) is 5.90. The molecule has 31 heavy (non-hydrogen) atoms. The first-order valence-electron chi connectivity index (χ1n) is 10.6. The largest absolute Gasteiger partial charge is 0.460 e. The number of hydrogen-bond donors (Lipinski definition) is 1. The zero-order valence-electron chi connectivity index (χ0n) is 18.3. The maximum absolute atomic E-state index is 12.1. The Morgan fingerprint density at radius 2 is 2.06 bits per heavy atom. The molecule has 10 nitrogen and oxygen atoms in total. The molecule has 10 heteroatoms. The van der Waals surface area contributed by atoms with Gasteiger partial charge >= 0.3 is 5.97 Å². The van der Waals surface area contributed by atoms with E-state index in [9.17, 15) is 4.79 Å². The average Bonchev–Trinajstić information content (AvgIpc) is 3.34. The first kappa shape index (κ1) is 21.2. The number of rotatable bonds is 6. The SMILES string of the molecule is CCn1ncc2c(NC3CCOCC3)c(-c3nc(CC(=O)OC(C)(C)C)no3)cnc21. The summed E-state index contributed by atoms with van der Waals surface area (Å²) in [5, 5.41) is 12.9. The second-order valence-electron chi connectivity index (χ2n) is 8.55. The van der Waals surface area contributed by atoms with Gasteiger partial charge in [0, 0.05) is 32.0 Å². The molecule has 4 rings (SSSR count). The number of fused-ring (bicyclic) bond motifs is 1.